The van der Waals surface area contributed by atoms with E-state index in [9.17, 15) is 8.78 Å². The first-order valence-corrected chi connectivity index (χ1v) is 4.09. The lowest BCUT2D eigenvalue weighted by molar-refractivity contribution is 0.145. The molecule has 0 radical (unpaired) electrons. The molecule has 1 heterocycles. The number of aromatic nitrogens is 1. The van der Waals surface area contributed by atoms with Crippen molar-refractivity contribution < 1.29 is 13.5 Å². The fourth-order valence-electron chi connectivity index (χ4n) is 1.22. The van der Waals surface area contributed by atoms with E-state index in [-0.39, 0.29) is 23.4 Å². The summed E-state index contributed by atoms with van der Waals surface area (Å²) in [5.41, 5.74) is 4.86. The maximum absolute atomic E-state index is 12.5. The number of nitrogens with two attached hydrogens (primary N) is 1. The molecule has 0 aliphatic carbocycles. The Labute approximate surface area is 85.3 Å². The van der Waals surface area contributed by atoms with E-state index in [1.54, 1.807) is 6.07 Å². The molecular weight excluding hydrogens is 204 g/mol. The average molecular weight is 213 g/mol. The van der Waals surface area contributed by atoms with Crippen molar-refractivity contribution in [1.29, 1.82) is 5.26 Å². The number of halogens is 2. The zero-order valence-corrected chi connectivity index (χ0v) is 8.00. The van der Waals surface area contributed by atoms with E-state index in [0.29, 0.717) is 0 Å². The SMILES string of the molecule is COc1cnc(C(F)F)c(C#N)c1CN. The van der Waals surface area contributed by atoms with E-state index in [1.807, 2.05) is 0 Å². The largest absolute Gasteiger partial charge is 0.495 e. The molecule has 1 aromatic rings. The number of ether oxygens (including phenoxy) is 1. The molecule has 0 spiro atoms. The van der Waals surface area contributed by atoms with Gasteiger partial charge in [-0.2, -0.15) is 5.26 Å². The monoisotopic (exact) mass is 213 g/mol. The van der Waals surface area contributed by atoms with Crippen molar-refractivity contribution >= 4 is 0 Å². The topological polar surface area (TPSA) is 71.9 Å². The van der Waals surface area contributed by atoms with Crippen LogP contribution in [0, 0.1) is 11.3 Å². The van der Waals surface area contributed by atoms with Crippen LogP contribution in [0.4, 0.5) is 8.78 Å². The number of alkyl halides is 2. The summed E-state index contributed by atoms with van der Waals surface area (Å²) in [5, 5.41) is 8.76. The summed E-state index contributed by atoms with van der Waals surface area (Å²) in [6, 6.07) is 1.67. The quantitative estimate of drug-likeness (QED) is 0.822. The Bertz CT molecular complexity index is 401. The third kappa shape index (κ3) is 2.02. The van der Waals surface area contributed by atoms with Crippen LogP contribution in [-0.4, -0.2) is 12.1 Å². The number of hydrogen-bond acceptors (Lipinski definition) is 4. The van der Waals surface area contributed by atoms with Gasteiger partial charge in [0, 0.05) is 12.1 Å². The Morgan fingerprint density at radius 1 is 1.67 bits per heavy atom. The number of pyridine rings is 1. The van der Waals surface area contributed by atoms with E-state index in [4.69, 9.17) is 15.7 Å². The Balaban J connectivity index is 3.43. The Morgan fingerprint density at radius 2 is 2.33 bits per heavy atom. The average Bonchev–Trinajstić information content (AvgIpc) is 2.26. The molecule has 0 amide bonds. The minimum atomic E-state index is -2.80. The zero-order chi connectivity index (χ0) is 11.4. The fourth-order valence-corrected chi connectivity index (χ4v) is 1.22. The highest BCUT2D eigenvalue weighted by molar-refractivity contribution is 5.48. The smallest absolute Gasteiger partial charge is 0.281 e. The summed E-state index contributed by atoms with van der Waals surface area (Å²) in [4.78, 5) is 3.48. The summed E-state index contributed by atoms with van der Waals surface area (Å²) in [5.74, 6) is 0.249. The van der Waals surface area contributed by atoms with Crippen LogP contribution in [-0.2, 0) is 6.54 Å². The van der Waals surface area contributed by atoms with E-state index in [1.165, 1.54) is 7.11 Å². The van der Waals surface area contributed by atoms with Crippen LogP contribution in [0.3, 0.4) is 0 Å². The molecule has 2 N–H and O–H groups in total. The summed E-state index contributed by atoms with van der Waals surface area (Å²) in [6.45, 7) is -0.0473. The summed E-state index contributed by atoms with van der Waals surface area (Å²) < 4.78 is 29.8. The van der Waals surface area contributed by atoms with Crippen LogP contribution in [0.15, 0.2) is 6.20 Å². The lowest BCUT2D eigenvalue weighted by Gasteiger charge is -2.10. The fraction of sp³-hybridized carbons (Fsp3) is 0.333. The zero-order valence-electron chi connectivity index (χ0n) is 8.00. The Kier molecular flexibility index (Phi) is 3.52. The van der Waals surface area contributed by atoms with Gasteiger partial charge in [0.2, 0.25) is 0 Å². The van der Waals surface area contributed by atoms with Crippen LogP contribution in [0.5, 0.6) is 5.75 Å². The molecule has 0 unspecified atom stereocenters. The Hall–Kier alpha value is -1.74. The van der Waals surface area contributed by atoms with Crippen molar-refractivity contribution in [2.45, 2.75) is 13.0 Å². The summed E-state index contributed by atoms with van der Waals surface area (Å²) >= 11 is 0. The molecule has 1 aromatic heterocycles. The molecule has 0 aliphatic rings. The van der Waals surface area contributed by atoms with Crippen molar-refractivity contribution in [2.75, 3.05) is 7.11 Å². The molecule has 0 aliphatic heterocycles. The Morgan fingerprint density at radius 3 is 2.73 bits per heavy atom. The molecule has 4 nitrogen and oxygen atoms in total. The summed E-state index contributed by atoms with van der Waals surface area (Å²) in [7, 11) is 1.36. The van der Waals surface area contributed by atoms with Crippen molar-refractivity contribution in [3.05, 3.63) is 23.0 Å². The van der Waals surface area contributed by atoms with Crippen molar-refractivity contribution in [2.24, 2.45) is 5.73 Å². The standard InChI is InChI=1S/C9H9F2N3O/c1-15-7-4-14-8(9(10)11)6(3-13)5(7)2-12/h4,9H,2,12H2,1H3. The van der Waals surface area contributed by atoms with Crippen LogP contribution in [0.1, 0.15) is 23.2 Å². The molecule has 6 heteroatoms. The van der Waals surface area contributed by atoms with Crippen molar-refractivity contribution in [3.63, 3.8) is 0 Å². The van der Waals surface area contributed by atoms with Crippen molar-refractivity contribution in [3.8, 4) is 11.8 Å². The van der Waals surface area contributed by atoms with Gasteiger partial charge in [-0.3, -0.25) is 0 Å². The second kappa shape index (κ2) is 4.66. The first kappa shape index (κ1) is 11.3. The van der Waals surface area contributed by atoms with E-state index in [0.717, 1.165) is 6.20 Å². The first-order valence-electron chi connectivity index (χ1n) is 4.09. The third-order valence-electron chi connectivity index (χ3n) is 1.92. The number of nitrogens with zero attached hydrogens (tertiary/aromatic N) is 2. The number of methoxy groups -OCH3 is 1. The molecule has 0 aromatic carbocycles. The highest BCUT2D eigenvalue weighted by Crippen LogP contribution is 2.28. The minimum absolute atomic E-state index is 0.0473. The van der Waals surface area contributed by atoms with Crippen LogP contribution in [0.25, 0.3) is 0 Å². The maximum Gasteiger partial charge on any atom is 0.281 e. The van der Waals surface area contributed by atoms with Gasteiger partial charge >= 0.3 is 0 Å². The molecule has 0 saturated carbocycles. The summed E-state index contributed by atoms with van der Waals surface area (Å²) in [6.07, 6.45) is -1.65. The third-order valence-corrected chi connectivity index (χ3v) is 1.92. The highest BCUT2D eigenvalue weighted by Gasteiger charge is 2.20. The second-order valence-corrected chi connectivity index (χ2v) is 2.68. The van der Waals surface area contributed by atoms with Gasteiger partial charge < -0.3 is 10.5 Å². The number of rotatable bonds is 3. The van der Waals surface area contributed by atoms with Crippen molar-refractivity contribution in [1.82, 2.24) is 4.98 Å². The second-order valence-electron chi connectivity index (χ2n) is 2.68. The molecule has 1 rings (SSSR count). The van der Waals surface area contributed by atoms with Gasteiger partial charge in [0.1, 0.15) is 17.5 Å². The highest BCUT2D eigenvalue weighted by atomic mass is 19.3. The first-order chi connectivity index (χ1) is 7.15. The minimum Gasteiger partial charge on any atom is -0.495 e. The van der Waals surface area contributed by atoms with Gasteiger partial charge in [-0.25, -0.2) is 13.8 Å². The molecule has 80 valence electrons. The molecule has 15 heavy (non-hydrogen) atoms. The van der Waals surface area contributed by atoms with Gasteiger partial charge in [-0.15, -0.1) is 0 Å². The molecule has 0 atom stereocenters. The predicted molar refractivity (Wildman–Crippen MR) is 48.4 cm³/mol. The van der Waals surface area contributed by atoms with Gasteiger partial charge in [0.15, 0.2) is 0 Å². The molecular formula is C9H9F2N3O. The van der Waals surface area contributed by atoms with Crippen LogP contribution >= 0.6 is 0 Å². The normalized spacial score (nSPS) is 10.1. The lowest BCUT2D eigenvalue weighted by Crippen LogP contribution is -2.07. The van der Waals surface area contributed by atoms with Gasteiger partial charge in [-0.1, -0.05) is 0 Å². The molecule has 0 bridgehead atoms. The maximum atomic E-state index is 12.5. The number of hydrogen-bond donors (Lipinski definition) is 1. The van der Waals surface area contributed by atoms with Gasteiger partial charge in [-0.05, 0) is 0 Å². The van der Waals surface area contributed by atoms with Crippen LogP contribution in [0.2, 0.25) is 0 Å². The lowest BCUT2D eigenvalue weighted by atomic mass is 10.1. The number of nitriles is 1. The van der Waals surface area contributed by atoms with E-state index < -0.39 is 12.1 Å². The van der Waals surface area contributed by atoms with E-state index in [2.05, 4.69) is 4.98 Å². The van der Waals surface area contributed by atoms with Gasteiger partial charge in [0.05, 0.1) is 18.9 Å². The van der Waals surface area contributed by atoms with E-state index >= 15 is 0 Å². The van der Waals surface area contributed by atoms with Crippen LogP contribution < -0.4 is 10.5 Å². The predicted octanol–water partition coefficient (Wildman–Crippen LogP) is 1.36. The molecule has 0 fully saturated rings. The van der Waals surface area contributed by atoms with Gasteiger partial charge in [0.25, 0.3) is 6.43 Å². The molecule has 0 saturated heterocycles.